The number of nitrogens with zero attached hydrogens (tertiary/aromatic N) is 1. The molecule has 0 aliphatic heterocycles. The Balaban J connectivity index is 1.75. The Kier molecular flexibility index (Phi) is 3.00. The molecule has 19 heavy (non-hydrogen) atoms. The van der Waals surface area contributed by atoms with Crippen LogP contribution < -0.4 is 5.32 Å². The van der Waals surface area contributed by atoms with Gasteiger partial charge in [0, 0.05) is 0 Å². The number of aromatic nitrogens is 2. The van der Waals surface area contributed by atoms with Gasteiger partial charge in [-0.3, -0.25) is 0 Å². The van der Waals surface area contributed by atoms with Crippen LogP contribution in [0.3, 0.4) is 0 Å². The Morgan fingerprint density at radius 1 is 1.37 bits per heavy atom. The van der Waals surface area contributed by atoms with E-state index in [0.29, 0.717) is 12.5 Å². The minimum atomic E-state index is -0.904. The first-order valence-electron chi connectivity index (χ1n) is 6.09. The maximum absolute atomic E-state index is 10.4. The maximum Gasteiger partial charge on any atom is 0.201 e. The zero-order valence-corrected chi connectivity index (χ0v) is 11.4. The summed E-state index contributed by atoms with van der Waals surface area (Å²) in [6.07, 6.45) is 0. The molecule has 4 nitrogen and oxygen atoms in total. The first-order valence-corrected chi connectivity index (χ1v) is 7.03. The van der Waals surface area contributed by atoms with E-state index in [1.54, 1.807) is 18.3 Å². The number of hydrogen-bond donors (Lipinski definition) is 3. The van der Waals surface area contributed by atoms with E-state index in [0.717, 1.165) is 16.6 Å². The summed E-state index contributed by atoms with van der Waals surface area (Å²) in [5.74, 6) is 0.678. The molecule has 5 heteroatoms. The van der Waals surface area contributed by atoms with Crippen LogP contribution >= 0.6 is 11.3 Å². The van der Waals surface area contributed by atoms with Gasteiger partial charge in [0.15, 0.2) is 0 Å². The maximum atomic E-state index is 10.4. The van der Waals surface area contributed by atoms with E-state index in [1.807, 2.05) is 41.1 Å². The van der Waals surface area contributed by atoms with Gasteiger partial charge < -0.3 is 15.4 Å². The molecule has 1 atom stereocenters. The van der Waals surface area contributed by atoms with Crippen LogP contribution in [-0.4, -0.2) is 21.6 Å². The van der Waals surface area contributed by atoms with Crippen LogP contribution in [0.1, 0.15) is 12.5 Å². The molecule has 0 radical (unpaired) electrons. The van der Waals surface area contributed by atoms with Crippen molar-refractivity contribution in [1.29, 1.82) is 0 Å². The summed E-state index contributed by atoms with van der Waals surface area (Å²) in [5, 5.41) is 17.5. The number of H-pyrrole nitrogens is 1. The third-order valence-electron chi connectivity index (χ3n) is 3.13. The van der Waals surface area contributed by atoms with Crippen LogP contribution in [0.25, 0.3) is 11.0 Å². The number of aliphatic hydroxyl groups is 1. The third-order valence-corrected chi connectivity index (χ3v) is 3.82. The molecular weight excluding hydrogens is 258 g/mol. The van der Waals surface area contributed by atoms with Crippen molar-refractivity contribution >= 4 is 28.3 Å². The molecule has 1 aromatic carbocycles. The number of fused-ring (bicyclic) bond motifs is 1. The molecule has 3 aromatic rings. The Bertz CT molecular complexity index is 640. The number of nitrogens with one attached hydrogen (secondary N) is 2. The minimum Gasteiger partial charge on any atom is -0.384 e. The van der Waals surface area contributed by atoms with Crippen molar-refractivity contribution in [2.75, 3.05) is 11.9 Å². The van der Waals surface area contributed by atoms with E-state index in [9.17, 15) is 5.11 Å². The monoisotopic (exact) mass is 273 g/mol. The summed E-state index contributed by atoms with van der Waals surface area (Å²) >= 11 is 1.58. The van der Waals surface area contributed by atoms with Gasteiger partial charge in [-0.25, -0.2) is 4.98 Å². The lowest BCUT2D eigenvalue weighted by molar-refractivity contribution is 0.0718. The van der Waals surface area contributed by atoms with Gasteiger partial charge in [-0.15, -0.1) is 0 Å². The van der Waals surface area contributed by atoms with E-state index in [2.05, 4.69) is 15.3 Å². The van der Waals surface area contributed by atoms with Crippen molar-refractivity contribution in [3.8, 4) is 0 Å². The summed E-state index contributed by atoms with van der Waals surface area (Å²) in [7, 11) is 0. The average Bonchev–Trinajstić information content (AvgIpc) is 3.05. The van der Waals surface area contributed by atoms with Crippen molar-refractivity contribution < 1.29 is 5.11 Å². The highest BCUT2D eigenvalue weighted by atomic mass is 32.1. The molecule has 0 aliphatic carbocycles. The Hall–Kier alpha value is -1.85. The molecular formula is C14H15N3OS. The minimum absolute atomic E-state index is 0.406. The molecule has 0 spiro atoms. The second-order valence-electron chi connectivity index (χ2n) is 4.74. The van der Waals surface area contributed by atoms with Gasteiger partial charge in [0.1, 0.15) is 5.60 Å². The summed E-state index contributed by atoms with van der Waals surface area (Å²) in [6, 6.07) is 9.78. The van der Waals surface area contributed by atoms with Crippen molar-refractivity contribution in [3.63, 3.8) is 0 Å². The number of imidazole rings is 1. The lowest BCUT2D eigenvalue weighted by Gasteiger charge is -2.22. The van der Waals surface area contributed by atoms with Crippen LogP contribution in [0.4, 0.5) is 5.95 Å². The van der Waals surface area contributed by atoms with E-state index in [4.69, 9.17) is 0 Å². The predicted molar refractivity (Wildman–Crippen MR) is 78.5 cm³/mol. The normalized spacial score (nSPS) is 14.4. The van der Waals surface area contributed by atoms with E-state index in [1.165, 1.54) is 0 Å². The van der Waals surface area contributed by atoms with Crippen LogP contribution in [0.15, 0.2) is 41.1 Å². The van der Waals surface area contributed by atoms with Gasteiger partial charge in [0.25, 0.3) is 0 Å². The molecule has 0 aliphatic rings. The van der Waals surface area contributed by atoms with Crippen LogP contribution in [0.5, 0.6) is 0 Å². The number of anilines is 1. The highest BCUT2D eigenvalue weighted by Crippen LogP contribution is 2.23. The molecule has 0 unspecified atom stereocenters. The fraction of sp³-hybridized carbons (Fsp3) is 0.214. The van der Waals surface area contributed by atoms with Crippen LogP contribution in [-0.2, 0) is 5.60 Å². The fourth-order valence-corrected chi connectivity index (χ4v) is 2.75. The summed E-state index contributed by atoms with van der Waals surface area (Å²) in [6.45, 7) is 2.20. The number of thiophene rings is 1. The topological polar surface area (TPSA) is 60.9 Å². The number of para-hydroxylation sites is 2. The van der Waals surface area contributed by atoms with E-state index >= 15 is 0 Å². The van der Waals surface area contributed by atoms with Gasteiger partial charge in [-0.05, 0) is 41.4 Å². The standard InChI is InChI=1S/C14H15N3OS/c1-14(18,10-6-7-19-8-10)9-15-13-16-11-4-2-3-5-12(11)17-13/h2-8,18H,9H2,1H3,(H2,15,16,17)/t14-/m0/s1. The van der Waals surface area contributed by atoms with Gasteiger partial charge in [0.05, 0.1) is 17.6 Å². The van der Waals surface area contributed by atoms with Crippen LogP contribution in [0.2, 0.25) is 0 Å². The zero-order chi connectivity index (χ0) is 13.3. The molecule has 0 saturated heterocycles. The highest BCUT2D eigenvalue weighted by Gasteiger charge is 2.23. The SMILES string of the molecule is C[C@](O)(CNc1nc2ccccc2[nH]1)c1ccsc1. The molecule has 0 amide bonds. The third kappa shape index (κ3) is 2.47. The van der Waals surface area contributed by atoms with Gasteiger partial charge >= 0.3 is 0 Å². The van der Waals surface area contributed by atoms with E-state index < -0.39 is 5.60 Å². The van der Waals surface area contributed by atoms with Crippen LogP contribution in [0, 0.1) is 0 Å². The van der Waals surface area contributed by atoms with Gasteiger partial charge in [-0.1, -0.05) is 12.1 Å². The molecule has 0 fully saturated rings. The first-order chi connectivity index (χ1) is 9.15. The molecule has 2 aromatic heterocycles. The molecule has 0 saturated carbocycles. The fourth-order valence-electron chi connectivity index (χ4n) is 1.97. The first kappa shape index (κ1) is 12.2. The molecule has 0 bridgehead atoms. The Morgan fingerprint density at radius 2 is 2.21 bits per heavy atom. The quantitative estimate of drug-likeness (QED) is 0.685. The summed E-state index contributed by atoms with van der Waals surface area (Å²) in [5.41, 5.74) is 1.92. The molecule has 98 valence electrons. The van der Waals surface area contributed by atoms with Crippen molar-refractivity contribution in [2.45, 2.75) is 12.5 Å². The summed E-state index contributed by atoms with van der Waals surface area (Å²) in [4.78, 5) is 7.60. The van der Waals surface area contributed by atoms with Crippen molar-refractivity contribution in [2.24, 2.45) is 0 Å². The Labute approximate surface area is 115 Å². The number of aromatic amines is 1. The molecule has 2 heterocycles. The average molecular weight is 273 g/mol. The number of rotatable bonds is 4. The second-order valence-corrected chi connectivity index (χ2v) is 5.52. The van der Waals surface area contributed by atoms with E-state index in [-0.39, 0.29) is 0 Å². The molecule has 3 rings (SSSR count). The zero-order valence-electron chi connectivity index (χ0n) is 10.6. The van der Waals surface area contributed by atoms with Crippen molar-refractivity contribution in [1.82, 2.24) is 9.97 Å². The lowest BCUT2D eigenvalue weighted by atomic mass is 9.99. The van der Waals surface area contributed by atoms with Gasteiger partial charge in [0.2, 0.25) is 5.95 Å². The van der Waals surface area contributed by atoms with Crippen molar-refractivity contribution in [3.05, 3.63) is 46.7 Å². The number of benzene rings is 1. The summed E-state index contributed by atoms with van der Waals surface area (Å²) < 4.78 is 0. The predicted octanol–water partition coefficient (Wildman–Crippen LogP) is 2.94. The smallest absolute Gasteiger partial charge is 0.201 e. The largest absolute Gasteiger partial charge is 0.384 e. The second kappa shape index (κ2) is 4.68. The molecule has 3 N–H and O–H groups in total. The lowest BCUT2D eigenvalue weighted by Crippen LogP contribution is -2.30. The van der Waals surface area contributed by atoms with Gasteiger partial charge in [-0.2, -0.15) is 11.3 Å². The number of hydrogen-bond acceptors (Lipinski definition) is 4. The Morgan fingerprint density at radius 3 is 2.95 bits per heavy atom. The highest BCUT2D eigenvalue weighted by molar-refractivity contribution is 7.08.